The van der Waals surface area contributed by atoms with Crippen LogP contribution in [0.2, 0.25) is 0 Å². The highest BCUT2D eigenvalue weighted by atomic mass is 32.1. The van der Waals surface area contributed by atoms with E-state index < -0.39 is 11.7 Å². The van der Waals surface area contributed by atoms with Crippen molar-refractivity contribution < 1.29 is 19.1 Å². The fraction of sp³-hybridized carbons (Fsp3) is 0.393. The molecule has 208 valence electrons. The number of ketones is 1. The molecule has 10 nitrogen and oxygen atoms in total. The SMILES string of the molecule is CN(C)CCN(Cc1ccc(C(=O)Cc2cscc2NC(=O)OC(C)(C)C)nc1)C(=O)NCc1cccnc1. The number of aromatic nitrogens is 2. The average molecular weight is 553 g/mol. The Hall–Kier alpha value is -3.83. The van der Waals surface area contributed by atoms with Crippen LogP contribution in [0.4, 0.5) is 15.3 Å². The van der Waals surface area contributed by atoms with Crippen LogP contribution in [0.3, 0.4) is 0 Å². The standard InChI is InChI=1S/C28H36N6O4S/c1-28(2,3)38-27(37)32-24-19-39-18-22(24)13-25(35)23-9-8-21(16-30-23)17-34(12-11-33(4)5)26(36)31-15-20-7-6-10-29-14-20/h6-10,14,16,18-19H,11-13,15,17H2,1-5H3,(H,31,36)(H,32,37). The highest BCUT2D eigenvalue weighted by molar-refractivity contribution is 7.08. The molecular weight excluding hydrogens is 516 g/mol. The van der Waals surface area contributed by atoms with Crippen molar-refractivity contribution in [2.45, 2.75) is 45.9 Å². The van der Waals surface area contributed by atoms with Crippen LogP contribution in [0.25, 0.3) is 0 Å². The molecule has 0 bridgehead atoms. The summed E-state index contributed by atoms with van der Waals surface area (Å²) in [5, 5.41) is 9.25. The van der Waals surface area contributed by atoms with Crippen molar-refractivity contribution >= 4 is 34.9 Å². The van der Waals surface area contributed by atoms with Gasteiger partial charge in [-0.25, -0.2) is 9.59 Å². The van der Waals surface area contributed by atoms with Gasteiger partial charge in [0.2, 0.25) is 0 Å². The summed E-state index contributed by atoms with van der Waals surface area (Å²) in [6.45, 7) is 7.32. The first-order chi connectivity index (χ1) is 18.5. The average Bonchev–Trinajstić information content (AvgIpc) is 3.30. The van der Waals surface area contributed by atoms with Crippen LogP contribution >= 0.6 is 11.3 Å². The van der Waals surface area contributed by atoms with Crippen molar-refractivity contribution in [3.63, 3.8) is 0 Å². The summed E-state index contributed by atoms with van der Waals surface area (Å²) in [7, 11) is 3.91. The molecule has 0 aliphatic heterocycles. The van der Waals surface area contributed by atoms with Crippen molar-refractivity contribution in [3.8, 4) is 0 Å². The van der Waals surface area contributed by atoms with Gasteiger partial charge in [-0.2, -0.15) is 0 Å². The van der Waals surface area contributed by atoms with E-state index in [0.717, 1.165) is 11.1 Å². The summed E-state index contributed by atoms with van der Waals surface area (Å²) < 4.78 is 5.30. The number of likely N-dealkylation sites (N-methyl/N-ethyl adjacent to an activating group) is 1. The monoisotopic (exact) mass is 552 g/mol. The fourth-order valence-electron chi connectivity index (χ4n) is 3.52. The molecule has 3 aromatic heterocycles. The molecule has 0 aliphatic rings. The van der Waals surface area contributed by atoms with Crippen molar-refractivity contribution in [1.29, 1.82) is 0 Å². The summed E-state index contributed by atoms with van der Waals surface area (Å²) in [6, 6.07) is 7.02. The number of carbonyl (C=O) groups excluding carboxylic acids is 3. The summed E-state index contributed by atoms with van der Waals surface area (Å²) in [6.07, 6.45) is 4.55. The quantitative estimate of drug-likeness (QED) is 0.334. The molecule has 0 aromatic carbocycles. The van der Waals surface area contributed by atoms with Crippen molar-refractivity contribution in [2.24, 2.45) is 0 Å². The number of carbonyl (C=O) groups is 3. The number of urea groups is 1. The molecular formula is C28H36N6O4S. The van der Waals surface area contributed by atoms with Crippen LogP contribution in [-0.2, 0) is 24.2 Å². The number of hydrogen-bond acceptors (Lipinski definition) is 8. The minimum absolute atomic E-state index is 0.0900. The van der Waals surface area contributed by atoms with E-state index in [4.69, 9.17) is 4.74 Å². The first kappa shape index (κ1) is 29.7. The lowest BCUT2D eigenvalue weighted by atomic mass is 10.1. The number of nitrogens with zero attached hydrogens (tertiary/aromatic N) is 4. The molecule has 3 amide bonds. The Morgan fingerprint density at radius 1 is 1.03 bits per heavy atom. The van der Waals surface area contributed by atoms with E-state index in [1.165, 1.54) is 11.3 Å². The van der Waals surface area contributed by atoms with E-state index in [1.54, 1.807) is 55.7 Å². The fourth-order valence-corrected chi connectivity index (χ4v) is 4.30. The normalized spacial score (nSPS) is 11.2. The molecule has 11 heteroatoms. The Morgan fingerprint density at radius 2 is 1.82 bits per heavy atom. The smallest absolute Gasteiger partial charge is 0.412 e. The van der Waals surface area contributed by atoms with Crippen LogP contribution in [0, 0.1) is 0 Å². The lowest BCUT2D eigenvalue weighted by molar-refractivity contribution is 0.0635. The molecule has 2 N–H and O–H groups in total. The largest absolute Gasteiger partial charge is 0.444 e. The molecule has 3 heterocycles. The Balaban J connectivity index is 1.61. The topological polar surface area (TPSA) is 117 Å². The molecule has 39 heavy (non-hydrogen) atoms. The van der Waals surface area contributed by atoms with Crippen LogP contribution in [0.15, 0.2) is 53.6 Å². The summed E-state index contributed by atoms with van der Waals surface area (Å²) in [5.74, 6) is -0.175. The van der Waals surface area contributed by atoms with Gasteiger partial charge in [-0.3, -0.25) is 20.1 Å². The van der Waals surface area contributed by atoms with Gasteiger partial charge >= 0.3 is 12.1 Å². The van der Waals surface area contributed by atoms with Crippen molar-refractivity contribution in [1.82, 2.24) is 25.1 Å². The third kappa shape index (κ3) is 10.1. The minimum Gasteiger partial charge on any atom is -0.444 e. The predicted molar refractivity (Wildman–Crippen MR) is 152 cm³/mol. The molecule has 0 spiro atoms. The van der Waals surface area contributed by atoms with Crippen molar-refractivity contribution in [3.05, 3.63) is 76.0 Å². The van der Waals surface area contributed by atoms with E-state index in [9.17, 15) is 14.4 Å². The maximum Gasteiger partial charge on any atom is 0.412 e. The molecule has 0 atom stereocenters. The van der Waals surface area contributed by atoms with E-state index in [0.29, 0.717) is 43.1 Å². The molecule has 3 aromatic rings. The lowest BCUT2D eigenvalue weighted by Gasteiger charge is -2.25. The molecule has 0 aliphatic carbocycles. The maximum atomic E-state index is 12.9. The van der Waals surface area contributed by atoms with Gasteiger partial charge in [0.05, 0.1) is 5.69 Å². The zero-order valence-corrected chi connectivity index (χ0v) is 23.9. The number of amides is 3. The van der Waals surface area contributed by atoms with Crippen molar-refractivity contribution in [2.75, 3.05) is 32.5 Å². The first-order valence-electron chi connectivity index (χ1n) is 12.6. The second kappa shape index (κ2) is 13.8. The van der Waals surface area contributed by atoms with Gasteiger partial charge in [0.1, 0.15) is 11.3 Å². The summed E-state index contributed by atoms with van der Waals surface area (Å²) in [4.78, 5) is 50.2. The van der Waals surface area contributed by atoms with Gasteiger partial charge in [-0.15, -0.1) is 11.3 Å². The van der Waals surface area contributed by atoms with Crippen LogP contribution in [0.1, 0.15) is 48.0 Å². The van der Waals surface area contributed by atoms with E-state index >= 15 is 0 Å². The third-order valence-corrected chi connectivity index (χ3v) is 6.28. The second-order valence-electron chi connectivity index (χ2n) is 10.3. The Bertz CT molecular complexity index is 1240. The number of Topliss-reactive ketones (excluding diaryl/α,β-unsaturated/α-hetero) is 1. The number of hydrogen-bond donors (Lipinski definition) is 2. The van der Waals surface area contributed by atoms with Crippen LogP contribution in [-0.4, -0.2) is 70.5 Å². The maximum absolute atomic E-state index is 12.9. The van der Waals surface area contributed by atoms with Crippen LogP contribution in [0.5, 0.6) is 0 Å². The molecule has 0 saturated carbocycles. The summed E-state index contributed by atoms with van der Waals surface area (Å²) in [5.41, 5.74) is 2.66. The van der Waals surface area contributed by atoms with Gasteiger partial charge in [-0.1, -0.05) is 12.1 Å². The molecule has 0 saturated heterocycles. The lowest BCUT2D eigenvalue weighted by Crippen LogP contribution is -2.42. The Labute approximate surface area is 233 Å². The van der Waals surface area contributed by atoms with E-state index in [-0.39, 0.29) is 18.2 Å². The predicted octanol–water partition coefficient (Wildman–Crippen LogP) is 4.58. The Kier molecular flexibility index (Phi) is 10.5. The number of pyridine rings is 2. The highest BCUT2D eigenvalue weighted by Crippen LogP contribution is 2.23. The van der Waals surface area contributed by atoms with Gasteiger partial charge in [-0.05, 0) is 69.1 Å². The number of nitrogens with one attached hydrogen (secondary N) is 2. The zero-order valence-electron chi connectivity index (χ0n) is 23.1. The van der Waals surface area contributed by atoms with Gasteiger partial charge in [0.15, 0.2) is 5.78 Å². The van der Waals surface area contributed by atoms with Crippen LogP contribution < -0.4 is 10.6 Å². The highest BCUT2D eigenvalue weighted by Gasteiger charge is 2.19. The van der Waals surface area contributed by atoms with Gasteiger partial charge in [0.25, 0.3) is 0 Å². The van der Waals surface area contributed by atoms with E-state index in [1.807, 2.05) is 42.6 Å². The molecule has 0 unspecified atom stereocenters. The second-order valence-corrected chi connectivity index (χ2v) is 11.1. The minimum atomic E-state index is -0.621. The summed E-state index contributed by atoms with van der Waals surface area (Å²) >= 11 is 1.39. The molecule has 0 fully saturated rings. The molecule has 0 radical (unpaired) electrons. The number of ether oxygens (including phenoxy) is 1. The third-order valence-electron chi connectivity index (χ3n) is 5.48. The Morgan fingerprint density at radius 3 is 2.46 bits per heavy atom. The number of rotatable bonds is 11. The van der Waals surface area contributed by atoms with Gasteiger partial charge < -0.3 is 19.9 Å². The number of thiophene rings is 1. The molecule has 3 rings (SSSR count). The number of anilines is 1. The first-order valence-corrected chi connectivity index (χ1v) is 13.5. The van der Waals surface area contributed by atoms with E-state index in [2.05, 4.69) is 20.6 Å². The zero-order chi connectivity index (χ0) is 28.4. The van der Waals surface area contributed by atoms with Gasteiger partial charge in [0, 0.05) is 56.6 Å².